The second kappa shape index (κ2) is 6.36. The first-order valence-corrected chi connectivity index (χ1v) is 6.45. The van der Waals surface area contributed by atoms with E-state index in [1.165, 1.54) is 0 Å². The van der Waals surface area contributed by atoms with E-state index >= 15 is 0 Å². The van der Waals surface area contributed by atoms with E-state index in [1.807, 2.05) is 39.8 Å². The lowest BCUT2D eigenvalue weighted by Crippen LogP contribution is -2.33. The quantitative estimate of drug-likeness (QED) is 0.888. The van der Waals surface area contributed by atoms with E-state index in [2.05, 4.69) is 0 Å². The summed E-state index contributed by atoms with van der Waals surface area (Å²) in [5.74, 6) is -0.970. The monoisotopic (exact) mass is 263 g/mol. The van der Waals surface area contributed by atoms with Gasteiger partial charge in [0.15, 0.2) is 0 Å². The predicted molar refractivity (Wildman–Crippen MR) is 74.5 cm³/mol. The number of benzene rings is 1. The van der Waals surface area contributed by atoms with Crippen molar-refractivity contribution >= 4 is 11.9 Å². The molecule has 0 aliphatic carbocycles. The van der Waals surface area contributed by atoms with Gasteiger partial charge in [0.05, 0.1) is 6.42 Å². The number of amides is 1. The lowest BCUT2D eigenvalue weighted by Gasteiger charge is -2.22. The third-order valence-corrected chi connectivity index (χ3v) is 3.16. The molecule has 0 aliphatic rings. The van der Waals surface area contributed by atoms with Crippen LogP contribution in [0.4, 0.5) is 0 Å². The van der Waals surface area contributed by atoms with Gasteiger partial charge in [-0.05, 0) is 38.8 Å². The molecule has 0 fully saturated rings. The first-order chi connectivity index (χ1) is 8.86. The van der Waals surface area contributed by atoms with Crippen molar-refractivity contribution < 1.29 is 14.7 Å². The van der Waals surface area contributed by atoms with Crippen molar-refractivity contribution in [2.45, 2.75) is 34.1 Å². The maximum atomic E-state index is 12.5. The highest BCUT2D eigenvalue weighted by Crippen LogP contribution is 2.18. The third-order valence-electron chi connectivity index (χ3n) is 3.16. The number of carboxylic acids is 1. The zero-order valence-electron chi connectivity index (χ0n) is 12.0. The molecule has 0 aromatic heterocycles. The summed E-state index contributed by atoms with van der Waals surface area (Å²) in [6.07, 6.45) is -0.0243. The summed E-state index contributed by atoms with van der Waals surface area (Å²) >= 11 is 0. The van der Waals surface area contributed by atoms with Crippen molar-refractivity contribution in [1.29, 1.82) is 0 Å². The first kappa shape index (κ1) is 15.2. The van der Waals surface area contributed by atoms with Crippen LogP contribution in [0.3, 0.4) is 0 Å². The van der Waals surface area contributed by atoms with Crippen molar-refractivity contribution in [3.05, 3.63) is 34.4 Å². The largest absolute Gasteiger partial charge is 0.481 e. The van der Waals surface area contributed by atoms with Gasteiger partial charge < -0.3 is 10.0 Å². The number of rotatable bonds is 5. The molecule has 4 heteroatoms. The fourth-order valence-electron chi connectivity index (χ4n) is 2.31. The fourth-order valence-corrected chi connectivity index (χ4v) is 2.31. The summed E-state index contributed by atoms with van der Waals surface area (Å²) in [4.78, 5) is 24.7. The van der Waals surface area contributed by atoms with Crippen molar-refractivity contribution in [3.63, 3.8) is 0 Å². The Morgan fingerprint density at radius 1 is 1.16 bits per heavy atom. The lowest BCUT2D eigenvalue weighted by molar-refractivity contribution is -0.137. The second-order valence-corrected chi connectivity index (χ2v) is 4.80. The maximum absolute atomic E-state index is 12.5. The van der Waals surface area contributed by atoms with E-state index in [9.17, 15) is 9.59 Å². The van der Waals surface area contributed by atoms with Gasteiger partial charge in [0.1, 0.15) is 0 Å². The number of carboxylic acid groups (broad SMARTS) is 1. The number of carbonyl (C=O) groups excluding carboxylic acids is 1. The van der Waals surface area contributed by atoms with Crippen LogP contribution in [0.5, 0.6) is 0 Å². The molecule has 19 heavy (non-hydrogen) atoms. The molecule has 0 unspecified atom stereocenters. The van der Waals surface area contributed by atoms with Gasteiger partial charge in [-0.2, -0.15) is 0 Å². The van der Waals surface area contributed by atoms with Crippen LogP contribution < -0.4 is 0 Å². The van der Waals surface area contributed by atoms with Crippen LogP contribution in [0.2, 0.25) is 0 Å². The molecular formula is C15H21NO3. The van der Waals surface area contributed by atoms with Crippen LogP contribution >= 0.6 is 0 Å². The summed E-state index contributed by atoms with van der Waals surface area (Å²) in [5, 5.41) is 8.72. The SMILES string of the molecule is CCN(CCC(=O)O)C(=O)c1c(C)cc(C)cc1C. The molecule has 0 saturated heterocycles. The summed E-state index contributed by atoms with van der Waals surface area (Å²) in [7, 11) is 0. The number of aryl methyl sites for hydroxylation is 3. The number of hydrogen-bond donors (Lipinski definition) is 1. The molecule has 0 bridgehead atoms. The molecule has 1 rings (SSSR count). The minimum Gasteiger partial charge on any atom is -0.481 e. The Hall–Kier alpha value is -1.84. The summed E-state index contributed by atoms with van der Waals surface area (Å²) in [6, 6.07) is 3.95. The zero-order valence-corrected chi connectivity index (χ0v) is 12.0. The van der Waals surface area contributed by atoms with Crippen molar-refractivity contribution in [1.82, 2.24) is 4.90 Å². The Kier molecular flexibility index (Phi) is 5.10. The molecule has 0 radical (unpaired) electrons. The maximum Gasteiger partial charge on any atom is 0.305 e. The van der Waals surface area contributed by atoms with Gasteiger partial charge in [-0.15, -0.1) is 0 Å². The highest BCUT2D eigenvalue weighted by molar-refractivity contribution is 5.97. The number of carbonyl (C=O) groups is 2. The Morgan fingerprint density at radius 3 is 2.11 bits per heavy atom. The van der Waals surface area contributed by atoms with Crippen LogP contribution in [0.15, 0.2) is 12.1 Å². The van der Waals surface area contributed by atoms with Gasteiger partial charge in [-0.3, -0.25) is 9.59 Å². The molecule has 0 heterocycles. The summed E-state index contributed by atoms with van der Waals surface area (Å²) in [6.45, 7) is 8.45. The molecular weight excluding hydrogens is 242 g/mol. The normalized spacial score (nSPS) is 10.3. The van der Waals surface area contributed by atoms with Crippen LogP contribution in [0, 0.1) is 20.8 Å². The molecule has 0 saturated carbocycles. The van der Waals surface area contributed by atoms with Gasteiger partial charge in [0, 0.05) is 18.7 Å². The molecule has 0 aliphatic heterocycles. The minimum atomic E-state index is -0.886. The number of hydrogen-bond acceptors (Lipinski definition) is 2. The van der Waals surface area contributed by atoms with E-state index in [4.69, 9.17) is 5.11 Å². The van der Waals surface area contributed by atoms with Crippen LogP contribution in [-0.4, -0.2) is 35.0 Å². The van der Waals surface area contributed by atoms with Crippen molar-refractivity contribution in [2.24, 2.45) is 0 Å². The van der Waals surface area contributed by atoms with Crippen molar-refractivity contribution in [2.75, 3.05) is 13.1 Å². The molecule has 0 atom stereocenters. The molecule has 1 amide bonds. The van der Waals surface area contributed by atoms with Crippen LogP contribution in [-0.2, 0) is 4.79 Å². The van der Waals surface area contributed by atoms with E-state index in [0.29, 0.717) is 12.1 Å². The van der Waals surface area contributed by atoms with Crippen LogP contribution in [0.1, 0.15) is 40.4 Å². The molecule has 1 aromatic rings. The smallest absolute Gasteiger partial charge is 0.305 e. The van der Waals surface area contributed by atoms with Gasteiger partial charge in [0.2, 0.25) is 0 Å². The Morgan fingerprint density at radius 2 is 1.68 bits per heavy atom. The third kappa shape index (κ3) is 3.81. The average molecular weight is 263 g/mol. The van der Waals surface area contributed by atoms with Crippen LogP contribution in [0.25, 0.3) is 0 Å². The minimum absolute atomic E-state index is 0.0243. The summed E-state index contributed by atoms with van der Waals surface area (Å²) in [5.41, 5.74) is 3.70. The Balaban J connectivity index is 3.01. The fraction of sp³-hybridized carbons (Fsp3) is 0.467. The van der Waals surface area contributed by atoms with Gasteiger partial charge in [-0.1, -0.05) is 17.7 Å². The first-order valence-electron chi connectivity index (χ1n) is 6.45. The van der Waals surface area contributed by atoms with E-state index in [1.54, 1.807) is 4.90 Å². The van der Waals surface area contributed by atoms with E-state index in [0.717, 1.165) is 16.7 Å². The predicted octanol–water partition coefficient (Wildman–Crippen LogP) is 2.55. The van der Waals surface area contributed by atoms with Gasteiger partial charge in [-0.25, -0.2) is 0 Å². The van der Waals surface area contributed by atoms with E-state index < -0.39 is 5.97 Å². The lowest BCUT2D eigenvalue weighted by atomic mass is 9.98. The van der Waals surface area contributed by atoms with E-state index in [-0.39, 0.29) is 18.9 Å². The molecule has 4 nitrogen and oxygen atoms in total. The van der Waals surface area contributed by atoms with Gasteiger partial charge in [0.25, 0.3) is 5.91 Å². The molecule has 1 aromatic carbocycles. The number of aliphatic carboxylic acids is 1. The molecule has 104 valence electrons. The topological polar surface area (TPSA) is 57.6 Å². The average Bonchev–Trinajstić information content (AvgIpc) is 2.27. The Bertz CT molecular complexity index is 471. The standard InChI is InChI=1S/C15H21NO3/c1-5-16(7-6-13(17)18)15(19)14-11(3)8-10(2)9-12(14)4/h8-9H,5-7H2,1-4H3,(H,17,18). The second-order valence-electron chi connectivity index (χ2n) is 4.80. The molecule has 1 N–H and O–H groups in total. The summed E-state index contributed by atoms with van der Waals surface area (Å²) < 4.78 is 0. The van der Waals surface area contributed by atoms with Crippen molar-refractivity contribution in [3.8, 4) is 0 Å². The van der Waals surface area contributed by atoms with Gasteiger partial charge >= 0.3 is 5.97 Å². The zero-order chi connectivity index (χ0) is 14.6. The Labute approximate surface area is 114 Å². The highest BCUT2D eigenvalue weighted by atomic mass is 16.4. The molecule has 0 spiro atoms. The highest BCUT2D eigenvalue weighted by Gasteiger charge is 2.19. The number of nitrogens with zero attached hydrogens (tertiary/aromatic N) is 1.